The van der Waals surface area contributed by atoms with Crippen LogP contribution in [0.5, 0.6) is 11.5 Å². The van der Waals surface area contributed by atoms with Gasteiger partial charge in [-0.2, -0.15) is 5.10 Å². The summed E-state index contributed by atoms with van der Waals surface area (Å²) < 4.78 is 1.67. The summed E-state index contributed by atoms with van der Waals surface area (Å²) in [5.74, 6) is 1.10. The first kappa shape index (κ1) is 13.4. The van der Waals surface area contributed by atoms with Crippen molar-refractivity contribution in [3.8, 4) is 11.5 Å². The van der Waals surface area contributed by atoms with Crippen LogP contribution in [0.1, 0.15) is 24.4 Å². The molecule has 19 heavy (non-hydrogen) atoms. The molecule has 0 aliphatic carbocycles. The molecule has 1 aromatic carbocycles. The van der Waals surface area contributed by atoms with E-state index in [1.807, 2.05) is 14.0 Å². The zero-order chi connectivity index (χ0) is 13.8. The molecule has 0 radical (unpaired) electrons. The largest absolute Gasteiger partial charge is 0.508 e. The number of benzene rings is 1. The zero-order valence-electron chi connectivity index (χ0n) is 11.0. The second kappa shape index (κ2) is 5.71. The molecule has 0 saturated heterocycles. The average molecular weight is 262 g/mol. The van der Waals surface area contributed by atoms with Gasteiger partial charge in [-0.25, -0.2) is 4.98 Å². The molecule has 0 amide bonds. The summed E-state index contributed by atoms with van der Waals surface area (Å²) in [5, 5.41) is 26.6. The lowest BCUT2D eigenvalue weighted by atomic mass is 10.1. The van der Waals surface area contributed by atoms with Gasteiger partial charge < -0.3 is 15.5 Å². The number of phenols is 2. The van der Waals surface area contributed by atoms with Crippen molar-refractivity contribution in [3.05, 3.63) is 35.9 Å². The maximum atomic E-state index is 9.75. The van der Waals surface area contributed by atoms with E-state index in [4.69, 9.17) is 0 Å². The van der Waals surface area contributed by atoms with E-state index >= 15 is 0 Å². The van der Waals surface area contributed by atoms with Crippen LogP contribution in [0.15, 0.2) is 24.5 Å². The Bertz CT molecular complexity index is 553. The van der Waals surface area contributed by atoms with Crippen LogP contribution in [0, 0.1) is 0 Å². The van der Waals surface area contributed by atoms with E-state index in [-0.39, 0.29) is 17.5 Å². The Balaban J connectivity index is 1.90. The van der Waals surface area contributed by atoms with Gasteiger partial charge in [0.05, 0.1) is 0 Å². The third-order valence-corrected chi connectivity index (χ3v) is 2.92. The van der Waals surface area contributed by atoms with Gasteiger partial charge in [-0.1, -0.05) is 0 Å². The van der Waals surface area contributed by atoms with E-state index < -0.39 is 0 Å². The fraction of sp³-hybridized carbons (Fsp3) is 0.385. The van der Waals surface area contributed by atoms with Gasteiger partial charge in [-0.3, -0.25) is 4.68 Å². The third-order valence-electron chi connectivity index (χ3n) is 2.92. The van der Waals surface area contributed by atoms with Gasteiger partial charge in [-0.15, -0.1) is 0 Å². The third kappa shape index (κ3) is 3.45. The maximum Gasteiger partial charge on any atom is 0.151 e. The molecular weight excluding hydrogens is 244 g/mol. The normalized spacial score (nSPS) is 12.5. The molecule has 1 aromatic heterocycles. The van der Waals surface area contributed by atoms with Crippen LogP contribution in [-0.2, 0) is 13.5 Å². The fourth-order valence-electron chi connectivity index (χ4n) is 1.90. The molecular formula is C13H18N4O2. The highest BCUT2D eigenvalue weighted by Crippen LogP contribution is 2.27. The van der Waals surface area contributed by atoms with E-state index in [1.54, 1.807) is 17.1 Å². The number of nitrogens with one attached hydrogen (secondary N) is 1. The molecule has 2 aromatic rings. The van der Waals surface area contributed by atoms with Crippen LogP contribution in [-0.4, -0.2) is 31.5 Å². The molecule has 0 fully saturated rings. The summed E-state index contributed by atoms with van der Waals surface area (Å²) in [6, 6.07) is 4.45. The van der Waals surface area contributed by atoms with Gasteiger partial charge in [0.15, 0.2) is 5.82 Å². The predicted octanol–water partition coefficient (Wildman–Crippen LogP) is 1.12. The van der Waals surface area contributed by atoms with Crippen molar-refractivity contribution in [1.29, 1.82) is 0 Å². The van der Waals surface area contributed by atoms with Crippen LogP contribution in [0.3, 0.4) is 0 Å². The second-order valence-corrected chi connectivity index (χ2v) is 4.50. The predicted molar refractivity (Wildman–Crippen MR) is 70.9 cm³/mol. The lowest BCUT2D eigenvalue weighted by Gasteiger charge is -2.15. The second-order valence-electron chi connectivity index (χ2n) is 4.50. The summed E-state index contributed by atoms with van der Waals surface area (Å²) in [6.07, 6.45) is 2.38. The summed E-state index contributed by atoms with van der Waals surface area (Å²) in [5.41, 5.74) is 0.675. The van der Waals surface area contributed by atoms with Crippen LogP contribution in [0.4, 0.5) is 0 Å². The number of nitrogens with zero attached hydrogens (tertiary/aromatic N) is 3. The Morgan fingerprint density at radius 2 is 2.16 bits per heavy atom. The topological polar surface area (TPSA) is 83.2 Å². The molecule has 1 unspecified atom stereocenters. The minimum absolute atomic E-state index is 0.0594. The lowest BCUT2D eigenvalue weighted by molar-refractivity contribution is 0.441. The smallest absolute Gasteiger partial charge is 0.151 e. The van der Waals surface area contributed by atoms with Crippen LogP contribution in [0.2, 0.25) is 0 Å². The number of rotatable bonds is 5. The number of hydrogen-bond donors (Lipinski definition) is 3. The van der Waals surface area contributed by atoms with Crippen molar-refractivity contribution < 1.29 is 10.2 Å². The molecule has 1 heterocycles. The molecule has 0 bridgehead atoms. The molecule has 1 atom stereocenters. The fourth-order valence-corrected chi connectivity index (χ4v) is 1.90. The summed E-state index contributed by atoms with van der Waals surface area (Å²) in [6.45, 7) is 2.63. The highest BCUT2D eigenvalue weighted by molar-refractivity contribution is 5.40. The molecule has 102 valence electrons. The Hall–Kier alpha value is -2.08. The minimum Gasteiger partial charge on any atom is -0.508 e. The van der Waals surface area contributed by atoms with Crippen molar-refractivity contribution in [2.45, 2.75) is 19.4 Å². The highest BCUT2D eigenvalue weighted by Gasteiger charge is 2.11. The lowest BCUT2D eigenvalue weighted by Crippen LogP contribution is -2.21. The molecule has 6 heteroatoms. The van der Waals surface area contributed by atoms with Crippen molar-refractivity contribution >= 4 is 0 Å². The number of aryl methyl sites for hydroxylation is 1. The standard InChI is InChI=1S/C13H18N4O2/c1-9(11-7-10(18)3-4-12(11)19)14-6-5-13-15-8-17(2)16-13/h3-4,7-9,14,18-19H,5-6H2,1-2H3. The van der Waals surface area contributed by atoms with Crippen molar-refractivity contribution in [1.82, 2.24) is 20.1 Å². The molecule has 3 N–H and O–H groups in total. The van der Waals surface area contributed by atoms with Crippen molar-refractivity contribution in [2.75, 3.05) is 6.54 Å². The van der Waals surface area contributed by atoms with Gasteiger partial charge in [0.1, 0.15) is 17.8 Å². The van der Waals surface area contributed by atoms with Gasteiger partial charge in [0.25, 0.3) is 0 Å². The first-order chi connectivity index (χ1) is 9.06. The van der Waals surface area contributed by atoms with Crippen molar-refractivity contribution in [2.24, 2.45) is 7.05 Å². The van der Waals surface area contributed by atoms with Crippen LogP contribution >= 0.6 is 0 Å². The number of hydrogen-bond acceptors (Lipinski definition) is 5. The number of aromatic hydroxyl groups is 2. The molecule has 0 aliphatic heterocycles. The zero-order valence-corrected chi connectivity index (χ0v) is 11.0. The quantitative estimate of drug-likeness (QED) is 0.703. The van der Waals surface area contributed by atoms with E-state index in [1.165, 1.54) is 12.1 Å². The van der Waals surface area contributed by atoms with Gasteiger partial charge >= 0.3 is 0 Å². The first-order valence-corrected chi connectivity index (χ1v) is 6.16. The number of aromatic nitrogens is 3. The molecule has 0 aliphatic rings. The van der Waals surface area contributed by atoms with Crippen LogP contribution < -0.4 is 5.32 Å². The van der Waals surface area contributed by atoms with Gasteiger partial charge in [0, 0.05) is 31.6 Å². The Morgan fingerprint density at radius 1 is 1.37 bits per heavy atom. The maximum absolute atomic E-state index is 9.75. The van der Waals surface area contributed by atoms with E-state index in [9.17, 15) is 10.2 Å². The summed E-state index contributed by atoms with van der Waals surface area (Å²) in [7, 11) is 1.83. The molecule has 0 spiro atoms. The first-order valence-electron chi connectivity index (χ1n) is 6.16. The minimum atomic E-state index is -0.0594. The van der Waals surface area contributed by atoms with E-state index in [0.29, 0.717) is 18.5 Å². The van der Waals surface area contributed by atoms with E-state index in [2.05, 4.69) is 15.4 Å². The number of phenolic OH excluding ortho intramolecular Hbond substituents is 2. The van der Waals surface area contributed by atoms with Gasteiger partial charge in [-0.05, 0) is 25.1 Å². The monoisotopic (exact) mass is 262 g/mol. The van der Waals surface area contributed by atoms with Gasteiger partial charge in [0.2, 0.25) is 0 Å². The molecule has 2 rings (SSSR count). The summed E-state index contributed by atoms with van der Waals surface area (Å²) >= 11 is 0. The molecule has 6 nitrogen and oxygen atoms in total. The Morgan fingerprint density at radius 3 is 2.84 bits per heavy atom. The summed E-state index contributed by atoms with van der Waals surface area (Å²) in [4.78, 5) is 4.14. The average Bonchev–Trinajstić information content (AvgIpc) is 2.78. The van der Waals surface area contributed by atoms with Crippen LogP contribution in [0.25, 0.3) is 0 Å². The SMILES string of the molecule is CC(NCCc1ncn(C)n1)c1cc(O)ccc1O. The Kier molecular flexibility index (Phi) is 4.01. The molecule has 0 saturated carbocycles. The van der Waals surface area contributed by atoms with E-state index in [0.717, 1.165) is 5.82 Å². The highest BCUT2D eigenvalue weighted by atomic mass is 16.3. The Labute approximate surface area is 111 Å². The van der Waals surface area contributed by atoms with Crippen molar-refractivity contribution in [3.63, 3.8) is 0 Å².